The van der Waals surface area contributed by atoms with Gasteiger partial charge in [-0.05, 0) is 39.1 Å². The van der Waals surface area contributed by atoms with E-state index in [4.69, 9.17) is 9.72 Å². The van der Waals surface area contributed by atoms with Crippen LogP contribution in [0.15, 0.2) is 12.1 Å². The van der Waals surface area contributed by atoms with Gasteiger partial charge in [0.25, 0.3) is 0 Å². The summed E-state index contributed by atoms with van der Waals surface area (Å²) in [6.45, 7) is 10.1. The van der Waals surface area contributed by atoms with Crippen LogP contribution in [0.2, 0.25) is 0 Å². The summed E-state index contributed by atoms with van der Waals surface area (Å²) >= 11 is 0. The Hall–Kier alpha value is -1.13. The molecule has 4 heteroatoms. The summed E-state index contributed by atoms with van der Waals surface area (Å²) in [7, 11) is 4.19. The van der Waals surface area contributed by atoms with Gasteiger partial charge in [-0.1, -0.05) is 13.8 Å². The van der Waals surface area contributed by atoms with E-state index in [1.165, 1.54) is 17.1 Å². The van der Waals surface area contributed by atoms with Crippen molar-refractivity contribution in [1.82, 2.24) is 9.88 Å². The molecule has 1 aliphatic heterocycles. The molecule has 1 atom stereocenters. The highest BCUT2D eigenvalue weighted by atomic mass is 16.5. The number of pyridine rings is 1. The molecule has 0 radical (unpaired) electrons. The molecular formula is C16H27N3O. The lowest BCUT2D eigenvalue weighted by Gasteiger charge is -2.34. The monoisotopic (exact) mass is 277 g/mol. The Balaban J connectivity index is 2.30. The Morgan fingerprint density at radius 2 is 2.15 bits per heavy atom. The summed E-state index contributed by atoms with van der Waals surface area (Å²) < 4.78 is 5.64. The summed E-state index contributed by atoms with van der Waals surface area (Å²) in [6, 6.07) is 4.40. The van der Waals surface area contributed by atoms with E-state index in [1.807, 2.05) is 0 Å². The van der Waals surface area contributed by atoms with Crippen molar-refractivity contribution in [3.8, 4) is 0 Å². The largest absolute Gasteiger partial charge is 0.375 e. The molecule has 4 nitrogen and oxygen atoms in total. The van der Waals surface area contributed by atoms with Crippen molar-refractivity contribution >= 4 is 5.69 Å². The molecule has 0 amide bonds. The minimum Gasteiger partial charge on any atom is -0.375 e. The SMILES string of the molecule is CC(C)c1ccc(N2CCO[C@H](C)C2)c(CN(C)C)n1. The molecule has 1 saturated heterocycles. The molecule has 0 N–H and O–H groups in total. The average molecular weight is 277 g/mol. The van der Waals surface area contributed by atoms with Crippen LogP contribution in [0.25, 0.3) is 0 Å². The first-order valence-corrected chi connectivity index (χ1v) is 7.48. The third-order valence-electron chi connectivity index (χ3n) is 3.61. The lowest BCUT2D eigenvalue weighted by Crippen LogP contribution is -2.41. The van der Waals surface area contributed by atoms with Crippen LogP contribution in [0.3, 0.4) is 0 Å². The molecule has 0 spiro atoms. The van der Waals surface area contributed by atoms with Crippen molar-refractivity contribution in [1.29, 1.82) is 0 Å². The molecule has 2 heterocycles. The van der Waals surface area contributed by atoms with Crippen LogP contribution in [0, 0.1) is 0 Å². The summed E-state index contributed by atoms with van der Waals surface area (Å²) in [5, 5.41) is 0. The number of hydrogen-bond acceptors (Lipinski definition) is 4. The third kappa shape index (κ3) is 3.70. The van der Waals surface area contributed by atoms with E-state index < -0.39 is 0 Å². The molecule has 0 saturated carbocycles. The summed E-state index contributed by atoms with van der Waals surface area (Å²) in [4.78, 5) is 9.48. The maximum atomic E-state index is 5.64. The van der Waals surface area contributed by atoms with Crippen LogP contribution >= 0.6 is 0 Å². The number of aromatic nitrogens is 1. The van der Waals surface area contributed by atoms with Crippen LogP contribution in [-0.4, -0.2) is 49.8 Å². The van der Waals surface area contributed by atoms with Crippen molar-refractivity contribution in [2.75, 3.05) is 38.7 Å². The predicted molar refractivity (Wildman–Crippen MR) is 83.3 cm³/mol. The first-order valence-electron chi connectivity index (χ1n) is 7.48. The van der Waals surface area contributed by atoms with Crippen molar-refractivity contribution in [2.45, 2.75) is 39.3 Å². The first kappa shape index (κ1) is 15.3. The zero-order chi connectivity index (χ0) is 14.7. The molecule has 1 fully saturated rings. The fourth-order valence-electron chi connectivity index (χ4n) is 2.57. The molecule has 20 heavy (non-hydrogen) atoms. The van der Waals surface area contributed by atoms with E-state index in [-0.39, 0.29) is 0 Å². The van der Waals surface area contributed by atoms with Crippen LogP contribution in [-0.2, 0) is 11.3 Å². The average Bonchev–Trinajstić information content (AvgIpc) is 2.37. The van der Waals surface area contributed by atoms with Gasteiger partial charge in [0.2, 0.25) is 0 Å². The Morgan fingerprint density at radius 1 is 1.40 bits per heavy atom. The van der Waals surface area contributed by atoms with Gasteiger partial charge < -0.3 is 14.5 Å². The Kier molecular flexibility index (Phi) is 5.00. The Bertz CT molecular complexity index is 445. The zero-order valence-electron chi connectivity index (χ0n) is 13.4. The van der Waals surface area contributed by atoms with Gasteiger partial charge in [-0.25, -0.2) is 0 Å². The molecule has 0 bridgehead atoms. The van der Waals surface area contributed by atoms with Gasteiger partial charge in [-0.3, -0.25) is 4.98 Å². The van der Waals surface area contributed by atoms with Crippen LogP contribution in [0.5, 0.6) is 0 Å². The van der Waals surface area contributed by atoms with E-state index in [0.29, 0.717) is 12.0 Å². The van der Waals surface area contributed by atoms with Crippen molar-refractivity contribution in [2.24, 2.45) is 0 Å². The number of anilines is 1. The maximum Gasteiger partial charge on any atom is 0.0780 e. The highest BCUT2D eigenvalue weighted by molar-refractivity contribution is 5.52. The number of rotatable bonds is 4. The standard InChI is InChI=1S/C16H27N3O/c1-12(2)14-6-7-16(15(17-14)11-18(4)5)19-8-9-20-13(3)10-19/h6-7,12-13H,8-11H2,1-5H3/t13-/m1/s1. The number of morpholine rings is 1. The zero-order valence-corrected chi connectivity index (χ0v) is 13.4. The minimum absolute atomic E-state index is 0.292. The van der Waals surface area contributed by atoms with Gasteiger partial charge in [0.15, 0.2) is 0 Å². The molecule has 1 aliphatic rings. The van der Waals surface area contributed by atoms with Gasteiger partial charge in [0.1, 0.15) is 0 Å². The number of hydrogen-bond donors (Lipinski definition) is 0. The molecule has 1 aromatic heterocycles. The second-order valence-corrected chi connectivity index (χ2v) is 6.22. The van der Waals surface area contributed by atoms with Crippen LogP contribution in [0.4, 0.5) is 5.69 Å². The Morgan fingerprint density at radius 3 is 2.75 bits per heavy atom. The third-order valence-corrected chi connectivity index (χ3v) is 3.61. The molecule has 0 aliphatic carbocycles. The van der Waals surface area contributed by atoms with Crippen LogP contribution < -0.4 is 4.90 Å². The van der Waals surface area contributed by atoms with Gasteiger partial charge in [0, 0.05) is 25.3 Å². The first-order chi connectivity index (χ1) is 9.47. The molecular weight excluding hydrogens is 250 g/mol. The number of ether oxygens (including phenoxy) is 1. The topological polar surface area (TPSA) is 28.6 Å². The normalized spacial score (nSPS) is 19.9. The summed E-state index contributed by atoms with van der Waals surface area (Å²) in [5.41, 5.74) is 3.61. The molecule has 0 aromatic carbocycles. The number of nitrogens with zero attached hydrogens (tertiary/aromatic N) is 3. The van der Waals surface area contributed by atoms with Gasteiger partial charge in [-0.15, -0.1) is 0 Å². The lowest BCUT2D eigenvalue weighted by atomic mass is 10.1. The van der Waals surface area contributed by atoms with Crippen molar-refractivity contribution < 1.29 is 4.74 Å². The second-order valence-electron chi connectivity index (χ2n) is 6.22. The van der Waals surface area contributed by atoms with Crippen LogP contribution in [0.1, 0.15) is 38.1 Å². The second kappa shape index (κ2) is 6.55. The smallest absolute Gasteiger partial charge is 0.0780 e. The van der Waals surface area contributed by atoms with E-state index >= 15 is 0 Å². The minimum atomic E-state index is 0.292. The molecule has 2 rings (SSSR count). The lowest BCUT2D eigenvalue weighted by molar-refractivity contribution is 0.0531. The van der Waals surface area contributed by atoms with E-state index in [2.05, 4.69) is 56.8 Å². The highest BCUT2D eigenvalue weighted by Crippen LogP contribution is 2.25. The van der Waals surface area contributed by atoms with Crippen molar-refractivity contribution in [3.63, 3.8) is 0 Å². The quantitative estimate of drug-likeness (QED) is 0.845. The molecule has 0 unspecified atom stereocenters. The molecule has 112 valence electrons. The van der Waals surface area contributed by atoms with Crippen molar-refractivity contribution in [3.05, 3.63) is 23.5 Å². The van der Waals surface area contributed by atoms with Gasteiger partial charge in [0.05, 0.1) is 24.1 Å². The maximum absolute atomic E-state index is 5.64. The summed E-state index contributed by atoms with van der Waals surface area (Å²) in [5.74, 6) is 0.466. The van der Waals surface area contributed by atoms with E-state index in [1.54, 1.807) is 0 Å². The van der Waals surface area contributed by atoms with E-state index in [9.17, 15) is 0 Å². The fraction of sp³-hybridized carbons (Fsp3) is 0.688. The van der Waals surface area contributed by atoms with E-state index in [0.717, 1.165) is 26.2 Å². The highest BCUT2D eigenvalue weighted by Gasteiger charge is 2.20. The fourth-order valence-corrected chi connectivity index (χ4v) is 2.57. The molecule has 1 aromatic rings. The summed E-state index contributed by atoms with van der Waals surface area (Å²) in [6.07, 6.45) is 0.292. The van der Waals surface area contributed by atoms with Gasteiger partial charge >= 0.3 is 0 Å². The Labute approximate surface area is 122 Å². The van der Waals surface area contributed by atoms with Gasteiger partial charge in [-0.2, -0.15) is 0 Å². The predicted octanol–water partition coefficient (Wildman–Crippen LogP) is 2.49.